The third-order valence-corrected chi connectivity index (χ3v) is 8.80. The minimum absolute atomic E-state index is 0.0183. The van der Waals surface area contributed by atoms with Crippen LogP contribution in [0.5, 0.6) is 11.5 Å². The molecule has 0 radical (unpaired) electrons. The first-order valence-corrected chi connectivity index (χ1v) is 16.3. The van der Waals surface area contributed by atoms with Gasteiger partial charge in [-0.2, -0.15) is 18.4 Å². The molecular formula is C38H36F3N5O4. The molecule has 1 saturated heterocycles. The highest BCUT2D eigenvalue weighted by atomic mass is 19.4. The van der Waals surface area contributed by atoms with E-state index in [0.717, 1.165) is 72.8 Å². The van der Waals surface area contributed by atoms with E-state index >= 15 is 0 Å². The Hall–Kier alpha value is -5.38. The van der Waals surface area contributed by atoms with Crippen molar-refractivity contribution in [2.24, 2.45) is 0 Å². The number of benzene rings is 3. The molecule has 0 bridgehead atoms. The number of aryl methyl sites for hydroxylation is 2. The Morgan fingerprint density at radius 1 is 0.960 bits per heavy atom. The Morgan fingerprint density at radius 2 is 1.70 bits per heavy atom. The minimum Gasteiger partial charge on any atom is -0.461 e. The van der Waals surface area contributed by atoms with Crippen LogP contribution in [0.4, 0.5) is 13.2 Å². The van der Waals surface area contributed by atoms with Crippen LogP contribution in [0.3, 0.4) is 0 Å². The third kappa shape index (κ3) is 7.75. The van der Waals surface area contributed by atoms with Gasteiger partial charge in [0.05, 0.1) is 24.4 Å². The Bertz CT molecular complexity index is 2120. The van der Waals surface area contributed by atoms with E-state index in [-0.39, 0.29) is 12.2 Å². The number of rotatable bonds is 10. The lowest BCUT2D eigenvalue weighted by atomic mass is 10.0. The number of aromatic nitrogens is 2. The van der Waals surface area contributed by atoms with Crippen LogP contribution in [-0.2, 0) is 17.5 Å². The number of ether oxygens (including phenoxy) is 2. The fourth-order valence-corrected chi connectivity index (χ4v) is 6.15. The van der Waals surface area contributed by atoms with Crippen LogP contribution in [0.15, 0.2) is 77.6 Å². The van der Waals surface area contributed by atoms with Crippen molar-refractivity contribution in [3.05, 3.63) is 117 Å². The molecule has 0 aliphatic carbocycles. The third-order valence-electron chi connectivity index (χ3n) is 8.80. The van der Waals surface area contributed by atoms with Gasteiger partial charge in [0.1, 0.15) is 28.8 Å². The summed E-state index contributed by atoms with van der Waals surface area (Å²) >= 11 is 0. The maximum atomic E-state index is 14.0. The van der Waals surface area contributed by atoms with Gasteiger partial charge in [0.25, 0.3) is 5.56 Å². The summed E-state index contributed by atoms with van der Waals surface area (Å²) in [5.41, 5.74) is 0.778. The van der Waals surface area contributed by atoms with Gasteiger partial charge in [-0.1, -0.05) is 23.8 Å². The number of nitrogens with zero attached hydrogens (tertiary/aromatic N) is 3. The van der Waals surface area contributed by atoms with Crippen molar-refractivity contribution >= 4 is 16.9 Å². The number of piperazine rings is 1. The summed E-state index contributed by atoms with van der Waals surface area (Å²) in [4.78, 5) is 31.5. The number of esters is 1. The van der Waals surface area contributed by atoms with E-state index in [1.807, 2.05) is 32.0 Å². The average molecular weight is 684 g/mol. The van der Waals surface area contributed by atoms with Crippen molar-refractivity contribution in [2.75, 3.05) is 39.3 Å². The van der Waals surface area contributed by atoms with E-state index in [4.69, 9.17) is 9.47 Å². The Balaban J connectivity index is 1.20. The first kappa shape index (κ1) is 34.5. The molecule has 258 valence electrons. The molecule has 3 heterocycles. The molecule has 1 fully saturated rings. The fourth-order valence-electron chi connectivity index (χ4n) is 6.15. The van der Waals surface area contributed by atoms with Crippen molar-refractivity contribution in [3.63, 3.8) is 0 Å². The number of hydrogen-bond donors (Lipinski definition) is 2. The van der Waals surface area contributed by atoms with Crippen molar-refractivity contribution in [2.45, 2.75) is 33.0 Å². The Kier molecular flexibility index (Phi) is 10.1. The summed E-state index contributed by atoms with van der Waals surface area (Å²) < 4.78 is 54.8. The van der Waals surface area contributed by atoms with Crippen LogP contribution in [-0.4, -0.2) is 59.8 Å². The summed E-state index contributed by atoms with van der Waals surface area (Å²) in [5, 5.41) is 13.6. The highest BCUT2D eigenvalue weighted by molar-refractivity contribution is 5.95. The predicted molar refractivity (Wildman–Crippen MR) is 183 cm³/mol. The second-order valence-electron chi connectivity index (χ2n) is 12.4. The lowest BCUT2D eigenvalue weighted by Gasteiger charge is -2.26. The lowest BCUT2D eigenvalue weighted by molar-refractivity contribution is -0.137. The smallest absolute Gasteiger partial charge is 0.417 e. The van der Waals surface area contributed by atoms with Gasteiger partial charge < -0.3 is 29.2 Å². The molecule has 12 heteroatoms. The summed E-state index contributed by atoms with van der Waals surface area (Å²) in [6.45, 7) is 8.87. The molecule has 0 amide bonds. The van der Waals surface area contributed by atoms with Crippen molar-refractivity contribution in [3.8, 4) is 28.8 Å². The van der Waals surface area contributed by atoms with Gasteiger partial charge in [-0.3, -0.25) is 4.79 Å². The summed E-state index contributed by atoms with van der Waals surface area (Å²) in [6, 6.07) is 21.2. The van der Waals surface area contributed by atoms with Crippen LogP contribution in [0, 0.1) is 25.2 Å². The largest absolute Gasteiger partial charge is 0.461 e. The second-order valence-corrected chi connectivity index (χ2v) is 12.4. The number of hydrogen-bond acceptors (Lipinski definition) is 7. The van der Waals surface area contributed by atoms with E-state index in [1.165, 1.54) is 10.6 Å². The van der Waals surface area contributed by atoms with Gasteiger partial charge >= 0.3 is 12.1 Å². The van der Waals surface area contributed by atoms with Crippen LogP contribution >= 0.6 is 0 Å². The van der Waals surface area contributed by atoms with E-state index in [2.05, 4.69) is 15.2 Å². The molecule has 2 N–H and O–H groups in total. The number of carbonyl (C=O) groups is 1. The lowest BCUT2D eigenvalue weighted by Crippen LogP contribution is -2.43. The monoisotopic (exact) mass is 683 g/mol. The molecular weight excluding hydrogens is 647 g/mol. The highest BCUT2D eigenvalue weighted by Crippen LogP contribution is 2.35. The molecule has 0 saturated carbocycles. The zero-order valence-electron chi connectivity index (χ0n) is 27.7. The SMILES string of the molecule is Cc1ccc(Cn2c(-c3ccc(Oc4ccc5[nH]c(C(=O)OCCCN6CCNCC6)cc5c4)cc3)cc(C(F)(F)F)c(C#N)c2=O)c(C)c1. The van der Waals surface area contributed by atoms with E-state index in [0.29, 0.717) is 29.4 Å². The van der Waals surface area contributed by atoms with Crippen LogP contribution < -0.4 is 15.6 Å². The average Bonchev–Trinajstić information content (AvgIpc) is 3.52. The Morgan fingerprint density at radius 3 is 2.40 bits per heavy atom. The number of carbonyl (C=O) groups excluding carboxylic acids is 1. The van der Waals surface area contributed by atoms with E-state index in [1.54, 1.807) is 48.5 Å². The summed E-state index contributed by atoms with van der Waals surface area (Å²) in [6.07, 6.45) is -4.15. The Labute approximate surface area is 286 Å². The van der Waals surface area contributed by atoms with Gasteiger partial charge in [-0.15, -0.1) is 0 Å². The molecule has 50 heavy (non-hydrogen) atoms. The van der Waals surface area contributed by atoms with E-state index in [9.17, 15) is 28.0 Å². The zero-order valence-corrected chi connectivity index (χ0v) is 27.7. The standard InChI is InChI=1S/C38H36F3N5O4/c1-24-4-5-27(25(2)18-24)23-46-35(21-32(38(39,40)41)31(22-42)36(46)47)26-6-8-29(9-7-26)50-30-10-11-33-28(19-30)20-34(44-33)37(48)49-17-3-14-45-15-12-43-13-16-45/h4-11,18-21,43-44H,3,12-17,23H2,1-2H3. The number of halogens is 3. The minimum atomic E-state index is -4.90. The maximum absolute atomic E-state index is 14.0. The van der Waals surface area contributed by atoms with Crippen molar-refractivity contribution in [1.82, 2.24) is 19.8 Å². The number of nitrogens with one attached hydrogen (secondary N) is 2. The molecule has 9 nitrogen and oxygen atoms in total. The van der Waals surface area contributed by atoms with Gasteiger partial charge in [0.2, 0.25) is 0 Å². The fraction of sp³-hybridized carbons (Fsp3) is 0.289. The summed E-state index contributed by atoms with van der Waals surface area (Å²) in [5.74, 6) is 0.442. The van der Waals surface area contributed by atoms with Gasteiger partial charge in [0, 0.05) is 43.6 Å². The summed E-state index contributed by atoms with van der Waals surface area (Å²) in [7, 11) is 0. The predicted octanol–water partition coefficient (Wildman–Crippen LogP) is 6.80. The molecule has 1 aliphatic rings. The van der Waals surface area contributed by atoms with E-state index < -0.39 is 28.8 Å². The zero-order chi connectivity index (χ0) is 35.4. The molecule has 3 aromatic carbocycles. The van der Waals surface area contributed by atoms with Crippen molar-refractivity contribution < 1.29 is 27.4 Å². The molecule has 0 atom stereocenters. The quantitative estimate of drug-likeness (QED) is 0.123. The maximum Gasteiger partial charge on any atom is 0.417 e. The number of pyridine rings is 1. The number of alkyl halides is 3. The second kappa shape index (κ2) is 14.6. The van der Waals surface area contributed by atoms with Crippen LogP contribution in [0.1, 0.15) is 44.7 Å². The number of aromatic amines is 1. The first-order chi connectivity index (χ1) is 24.0. The molecule has 5 aromatic rings. The molecule has 0 unspecified atom stereocenters. The number of nitriles is 1. The molecule has 6 rings (SSSR count). The topological polar surface area (TPSA) is 112 Å². The number of fused-ring (bicyclic) bond motifs is 1. The first-order valence-electron chi connectivity index (χ1n) is 16.3. The van der Waals surface area contributed by atoms with Gasteiger partial charge in [0.15, 0.2) is 0 Å². The van der Waals surface area contributed by atoms with Gasteiger partial charge in [-0.25, -0.2) is 4.79 Å². The van der Waals surface area contributed by atoms with Gasteiger partial charge in [-0.05, 0) is 91.6 Å². The molecule has 0 spiro atoms. The van der Waals surface area contributed by atoms with Crippen LogP contribution in [0.2, 0.25) is 0 Å². The number of H-pyrrole nitrogens is 1. The normalized spacial score (nSPS) is 13.7. The molecule has 1 aliphatic heterocycles. The van der Waals surface area contributed by atoms with Crippen molar-refractivity contribution in [1.29, 1.82) is 5.26 Å². The molecule has 2 aromatic heterocycles. The highest BCUT2D eigenvalue weighted by Gasteiger charge is 2.36. The van der Waals surface area contributed by atoms with Crippen LogP contribution in [0.25, 0.3) is 22.2 Å².